The molecule has 0 unspecified atom stereocenters. The van der Waals surface area contributed by atoms with E-state index in [-0.39, 0.29) is 18.7 Å². The van der Waals surface area contributed by atoms with Gasteiger partial charge in [0.25, 0.3) is 5.91 Å². The summed E-state index contributed by atoms with van der Waals surface area (Å²) in [6.07, 6.45) is 0. The highest BCUT2D eigenvalue weighted by atomic mass is 19.1. The molecule has 10 heteroatoms. The Balaban J connectivity index is 1.56. The second kappa shape index (κ2) is 12.3. The molecule has 0 aliphatic rings. The Morgan fingerprint density at radius 2 is 1.66 bits per heavy atom. The maximum Gasteiger partial charge on any atom is 0.251 e. The van der Waals surface area contributed by atoms with Crippen LogP contribution in [0.4, 0.5) is 10.1 Å². The normalized spacial score (nSPS) is 11.6. The molecule has 4 aromatic carbocycles. The fourth-order valence-electron chi connectivity index (χ4n) is 4.60. The summed E-state index contributed by atoms with van der Waals surface area (Å²) in [6, 6.07) is 26.2. The van der Waals surface area contributed by atoms with Crippen molar-refractivity contribution in [2.24, 2.45) is 0 Å². The first-order valence-electron chi connectivity index (χ1n) is 12.9. The van der Waals surface area contributed by atoms with E-state index in [4.69, 9.17) is 9.47 Å². The number of carbonyl (C=O) groups excluding carboxylic acids is 2. The average Bonchev–Trinajstić information content (AvgIpc) is 3.41. The van der Waals surface area contributed by atoms with Crippen LogP contribution in [0, 0.1) is 5.82 Å². The molecule has 0 saturated heterocycles. The van der Waals surface area contributed by atoms with Gasteiger partial charge in [-0.1, -0.05) is 65.9 Å². The molecule has 0 spiro atoms. The molecule has 0 bridgehead atoms. The zero-order valence-corrected chi connectivity index (χ0v) is 22.5. The van der Waals surface area contributed by atoms with Crippen LogP contribution in [0.1, 0.15) is 17.2 Å². The molecule has 0 aliphatic heterocycles. The molecule has 41 heavy (non-hydrogen) atoms. The molecule has 9 nitrogen and oxygen atoms in total. The molecular formula is C31H28FN5O4. The summed E-state index contributed by atoms with van der Waals surface area (Å²) in [6.45, 7) is -0.373. The number of aromatic nitrogens is 3. The van der Waals surface area contributed by atoms with Crippen molar-refractivity contribution in [2.75, 3.05) is 19.5 Å². The first-order valence-corrected chi connectivity index (χ1v) is 12.9. The van der Waals surface area contributed by atoms with Crippen LogP contribution in [-0.2, 0) is 22.7 Å². The summed E-state index contributed by atoms with van der Waals surface area (Å²) in [5, 5.41) is 11.2. The third-order valence-corrected chi connectivity index (χ3v) is 6.67. The molecule has 1 heterocycles. The molecule has 1 aromatic heterocycles. The Labute approximate surface area is 236 Å². The van der Waals surface area contributed by atoms with E-state index < -0.39 is 23.7 Å². The summed E-state index contributed by atoms with van der Waals surface area (Å²) in [5.74, 6) is -0.510. The van der Waals surface area contributed by atoms with E-state index >= 15 is 0 Å². The van der Waals surface area contributed by atoms with Gasteiger partial charge in [-0.2, -0.15) is 0 Å². The number of benzene rings is 4. The molecule has 5 rings (SSSR count). The lowest BCUT2D eigenvalue weighted by atomic mass is 10.0. The fourth-order valence-corrected chi connectivity index (χ4v) is 4.60. The summed E-state index contributed by atoms with van der Waals surface area (Å²) in [4.78, 5) is 29.4. The topological polar surface area (TPSA) is 98.6 Å². The predicted octanol–water partition coefficient (Wildman–Crippen LogP) is 5.00. The zero-order valence-electron chi connectivity index (χ0n) is 22.5. The second-order valence-electron chi connectivity index (χ2n) is 9.22. The van der Waals surface area contributed by atoms with Gasteiger partial charge < -0.3 is 19.7 Å². The minimum absolute atomic E-state index is 0.162. The Bertz CT molecular complexity index is 1670. The Hall–Kier alpha value is -5.25. The highest BCUT2D eigenvalue weighted by molar-refractivity contribution is 5.99. The molecule has 5 aromatic rings. The average molecular weight is 554 g/mol. The van der Waals surface area contributed by atoms with Crippen molar-refractivity contribution in [1.82, 2.24) is 19.9 Å². The standard InChI is InChI=1S/C31H28FN5O4/c1-40-23-16-17-26(28(18-23)41-2)33-31(39)30(21-10-4-3-5-11-21)36(19-22-12-6-7-13-24(22)32)29(38)20-37-27-15-9-8-14-25(27)34-35-37/h3-18,30H,19-20H2,1-2H3,(H,33,39)/t30-/m1/s1. The van der Waals surface area contributed by atoms with Gasteiger partial charge in [0.15, 0.2) is 0 Å². The Morgan fingerprint density at radius 1 is 0.927 bits per heavy atom. The van der Waals surface area contributed by atoms with E-state index in [0.717, 1.165) is 0 Å². The van der Waals surface area contributed by atoms with Crippen LogP contribution >= 0.6 is 0 Å². The number of ether oxygens (including phenoxy) is 2. The van der Waals surface area contributed by atoms with Crippen molar-refractivity contribution in [1.29, 1.82) is 0 Å². The summed E-state index contributed by atoms with van der Waals surface area (Å²) < 4.78 is 27.1. The van der Waals surface area contributed by atoms with Gasteiger partial charge in [-0.3, -0.25) is 9.59 Å². The third kappa shape index (κ3) is 6.01. The van der Waals surface area contributed by atoms with Gasteiger partial charge in [-0.15, -0.1) is 5.10 Å². The van der Waals surface area contributed by atoms with Crippen LogP contribution in [0.2, 0.25) is 0 Å². The SMILES string of the molecule is COc1ccc(NC(=O)[C@@H](c2ccccc2)N(Cc2ccccc2F)C(=O)Cn2nnc3ccccc32)c(OC)c1. The summed E-state index contributed by atoms with van der Waals surface area (Å²) in [7, 11) is 3.01. The second-order valence-corrected chi connectivity index (χ2v) is 9.22. The zero-order chi connectivity index (χ0) is 28.8. The molecule has 0 radical (unpaired) electrons. The Kier molecular flexibility index (Phi) is 8.19. The fraction of sp³-hybridized carbons (Fsp3) is 0.161. The van der Waals surface area contributed by atoms with E-state index in [0.29, 0.717) is 33.8 Å². The number of rotatable bonds is 10. The lowest BCUT2D eigenvalue weighted by Crippen LogP contribution is -2.42. The van der Waals surface area contributed by atoms with Crippen molar-refractivity contribution in [3.63, 3.8) is 0 Å². The highest BCUT2D eigenvalue weighted by Crippen LogP contribution is 2.32. The van der Waals surface area contributed by atoms with Gasteiger partial charge >= 0.3 is 0 Å². The minimum atomic E-state index is -1.12. The number of halogens is 1. The number of fused-ring (bicyclic) bond motifs is 1. The molecule has 2 amide bonds. The van der Waals surface area contributed by atoms with Crippen molar-refractivity contribution in [2.45, 2.75) is 19.1 Å². The molecule has 0 aliphatic carbocycles. The molecule has 1 atom stereocenters. The maximum atomic E-state index is 14.9. The summed E-state index contributed by atoms with van der Waals surface area (Å²) >= 11 is 0. The van der Waals surface area contributed by atoms with E-state index in [1.54, 1.807) is 72.8 Å². The van der Waals surface area contributed by atoms with Crippen molar-refractivity contribution in [3.8, 4) is 11.5 Å². The number of carbonyl (C=O) groups is 2. The number of methoxy groups -OCH3 is 2. The molecule has 0 fully saturated rings. The summed E-state index contributed by atoms with van der Waals surface area (Å²) in [5.41, 5.74) is 2.49. The number of amides is 2. The van der Waals surface area contributed by atoms with Crippen LogP contribution < -0.4 is 14.8 Å². The lowest BCUT2D eigenvalue weighted by molar-refractivity contribution is -0.140. The van der Waals surface area contributed by atoms with E-state index in [2.05, 4.69) is 15.6 Å². The predicted molar refractivity (Wildman–Crippen MR) is 152 cm³/mol. The van der Waals surface area contributed by atoms with Gasteiger partial charge in [-0.25, -0.2) is 9.07 Å². The van der Waals surface area contributed by atoms with Crippen molar-refractivity contribution < 1.29 is 23.5 Å². The quantitative estimate of drug-likeness (QED) is 0.262. The molecule has 0 saturated carbocycles. The van der Waals surface area contributed by atoms with E-state index in [9.17, 15) is 14.0 Å². The number of nitrogens with one attached hydrogen (secondary N) is 1. The minimum Gasteiger partial charge on any atom is -0.497 e. The third-order valence-electron chi connectivity index (χ3n) is 6.67. The van der Waals surface area contributed by atoms with E-state index in [1.807, 2.05) is 18.2 Å². The number of nitrogens with zero attached hydrogens (tertiary/aromatic N) is 4. The molecule has 1 N–H and O–H groups in total. The largest absolute Gasteiger partial charge is 0.497 e. The van der Waals surface area contributed by atoms with Gasteiger partial charge in [0.05, 0.1) is 25.4 Å². The lowest BCUT2D eigenvalue weighted by Gasteiger charge is -2.32. The first-order chi connectivity index (χ1) is 20.0. The van der Waals surface area contributed by atoms with Crippen LogP contribution in [0.5, 0.6) is 11.5 Å². The van der Waals surface area contributed by atoms with Gasteiger partial charge in [0.2, 0.25) is 5.91 Å². The van der Waals surface area contributed by atoms with Crippen LogP contribution in [0.15, 0.2) is 97.1 Å². The number of hydrogen-bond donors (Lipinski definition) is 1. The number of anilines is 1. The van der Waals surface area contributed by atoms with Gasteiger partial charge in [-0.05, 0) is 35.9 Å². The van der Waals surface area contributed by atoms with Crippen LogP contribution in [0.3, 0.4) is 0 Å². The van der Waals surface area contributed by atoms with Crippen LogP contribution in [-0.4, -0.2) is 45.9 Å². The number of hydrogen-bond acceptors (Lipinski definition) is 6. The highest BCUT2D eigenvalue weighted by Gasteiger charge is 2.33. The van der Waals surface area contributed by atoms with Gasteiger partial charge in [0.1, 0.15) is 35.4 Å². The Morgan fingerprint density at radius 3 is 2.41 bits per heavy atom. The molecule has 208 valence electrons. The van der Waals surface area contributed by atoms with Crippen molar-refractivity contribution in [3.05, 3.63) is 114 Å². The first kappa shape index (κ1) is 27.3. The molecular weight excluding hydrogens is 525 g/mol. The smallest absolute Gasteiger partial charge is 0.251 e. The number of para-hydroxylation sites is 1. The van der Waals surface area contributed by atoms with Gasteiger partial charge in [0, 0.05) is 18.2 Å². The monoisotopic (exact) mass is 553 g/mol. The van der Waals surface area contributed by atoms with Crippen molar-refractivity contribution >= 4 is 28.5 Å². The van der Waals surface area contributed by atoms with Crippen LogP contribution in [0.25, 0.3) is 11.0 Å². The van der Waals surface area contributed by atoms with E-state index in [1.165, 1.54) is 29.9 Å². The maximum absolute atomic E-state index is 14.9.